The van der Waals surface area contributed by atoms with E-state index in [0.29, 0.717) is 12.0 Å². The Bertz CT molecular complexity index is 492. The highest BCUT2D eigenvalue weighted by Gasteiger charge is 2.37. The Morgan fingerprint density at radius 3 is 2.68 bits per heavy atom. The topological polar surface area (TPSA) is 45.5 Å². The van der Waals surface area contributed by atoms with E-state index in [0.717, 1.165) is 42.3 Å². The van der Waals surface area contributed by atoms with E-state index in [1.807, 2.05) is 25.7 Å². The number of amides is 1. The third kappa shape index (κ3) is 2.08. The summed E-state index contributed by atoms with van der Waals surface area (Å²) in [6.07, 6.45) is 2.47. The maximum atomic E-state index is 12.7. The van der Waals surface area contributed by atoms with Gasteiger partial charge >= 0.3 is 0 Å². The summed E-state index contributed by atoms with van der Waals surface area (Å²) in [6, 6.07) is 0.492. The van der Waals surface area contributed by atoms with Crippen LogP contribution in [0.4, 0.5) is 0 Å². The Labute approximate surface area is 114 Å². The molecule has 2 aliphatic heterocycles. The number of aryl methyl sites for hydroxylation is 2. The second kappa shape index (κ2) is 4.67. The van der Waals surface area contributed by atoms with Gasteiger partial charge in [-0.1, -0.05) is 0 Å². The number of nitrogens with one attached hydrogen (secondary N) is 1. The third-order valence-electron chi connectivity index (χ3n) is 4.66. The zero-order chi connectivity index (χ0) is 13.6. The second-order valence-electron chi connectivity index (χ2n) is 5.89. The maximum Gasteiger partial charge on any atom is 0.257 e. The summed E-state index contributed by atoms with van der Waals surface area (Å²) in [5, 5.41) is 3.53. The number of furan rings is 1. The summed E-state index contributed by atoms with van der Waals surface area (Å²) >= 11 is 0. The van der Waals surface area contributed by atoms with Crippen LogP contribution >= 0.6 is 0 Å². The minimum absolute atomic E-state index is 0.142. The first-order valence-corrected chi connectivity index (χ1v) is 7.17. The Morgan fingerprint density at radius 1 is 1.26 bits per heavy atom. The quantitative estimate of drug-likeness (QED) is 0.842. The van der Waals surface area contributed by atoms with E-state index in [2.05, 4.69) is 5.32 Å². The van der Waals surface area contributed by atoms with Gasteiger partial charge in [-0.2, -0.15) is 0 Å². The Hall–Kier alpha value is -1.29. The van der Waals surface area contributed by atoms with E-state index in [4.69, 9.17) is 4.42 Å². The van der Waals surface area contributed by atoms with Crippen molar-refractivity contribution in [2.24, 2.45) is 5.92 Å². The average molecular weight is 262 g/mol. The lowest BCUT2D eigenvalue weighted by molar-refractivity contribution is 0.0783. The van der Waals surface area contributed by atoms with Crippen LogP contribution in [-0.4, -0.2) is 36.5 Å². The fraction of sp³-hybridized carbons (Fsp3) is 0.667. The van der Waals surface area contributed by atoms with Gasteiger partial charge in [-0.05, 0) is 46.1 Å². The zero-order valence-electron chi connectivity index (χ0n) is 12.0. The molecule has 3 rings (SSSR count). The molecule has 2 saturated heterocycles. The largest absolute Gasteiger partial charge is 0.466 e. The van der Waals surface area contributed by atoms with Crippen LogP contribution in [0.25, 0.3) is 0 Å². The van der Waals surface area contributed by atoms with Crippen molar-refractivity contribution in [3.63, 3.8) is 0 Å². The number of carbonyl (C=O) groups is 1. The molecule has 0 bridgehead atoms. The number of rotatable bonds is 1. The van der Waals surface area contributed by atoms with E-state index in [-0.39, 0.29) is 5.91 Å². The number of hydrogen-bond donors (Lipinski definition) is 1. The molecule has 19 heavy (non-hydrogen) atoms. The van der Waals surface area contributed by atoms with Crippen LogP contribution in [0.15, 0.2) is 4.42 Å². The minimum Gasteiger partial charge on any atom is -0.466 e. The molecule has 1 N–H and O–H groups in total. The van der Waals surface area contributed by atoms with Gasteiger partial charge in [0, 0.05) is 24.7 Å². The number of nitrogens with zero attached hydrogens (tertiary/aromatic N) is 1. The van der Waals surface area contributed by atoms with Crippen LogP contribution in [0.2, 0.25) is 0 Å². The monoisotopic (exact) mass is 262 g/mol. The van der Waals surface area contributed by atoms with E-state index in [1.54, 1.807) is 0 Å². The van der Waals surface area contributed by atoms with Gasteiger partial charge in [0.2, 0.25) is 0 Å². The van der Waals surface area contributed by atoms with Crippen molar-refractivity contribution in [1.82, 2.24) is 10.2 Å². The van der Waals surface area contributed by atoms with Gasteiger partial charge in [-0.25, -0.2) is 0 Å². The lowest BCUT2D eigenvalue weighted by Crippen LogP contribution is -2.41. The van der Waals surface area contributed by atoms with Gasteiger partial charge in [0.15, 0.2) is 0 Å². The zero-order valence-corrected chi connectivity index (χ0v) is 12.0. The minimum atomic E-state index is 0.142. The highest BCUT2D eigenvalue weighted by molar-refractivity contribution is 5.97. The molecule has 2 atom stereocenters. The molecule has 4 nitrogen and oxygen atoms in total. The average Bonchev–Trinajstić information content (AvgIpc) is 2.91. The first kappa shape index (κ1) is 12.7. The van der Waals surface area contributed by atoms with Crippen molar-refractivity contribution in [3.05, 3.63) is 22.6 Å². The molecule has 0 saturated carbocycles. The summed E-state index contributed by atoms with van der Waals surface area (Å²) < 4.78 is 5.58. The van der Waals surface area contributed by atoms with Crippen molar-refractivity contribution in [3.8, 4) is 0 Å². The summed E-state index contributed by atoms with van der Waals surface area (Å²) in [6.45, 7) is 8.59. The normalized spacial score (nSPS) is 26.6. The fourth-order valence-electron chi connectivity index (χ4n) is 3.48. The predicted octanol–water partition coefficient (Wildman–Crippen LogP) is 2.03. The first-order chi connectivity index (χ1) is 9.08. The van der Waals surface area contributed by atoms with Crippen LogP contribution in [-0.2, 0) is 0 Å². The molecule has 0 spiro atoms. The molecule has 0 aromatic carbocycles. The number of carbonyl (C=O) groups excluding carboxylic acids is 1. The van der Waals surface area contributed by atoms with E-state index < -0.39 is 0 Å². The molecule has 104 valence electrons. The standard InChI is InChI=1S/C15H22N2O2/c1-9-10(2)19-11(3)14(9)15(18)17-7-12-5-4-6-16-13(12)8-17/h12-13,16H,4-8H2,1-3H3. The van der Waals surface area contributed by atoms with Gasteiger partial charge in [-0.15, -0.1) is 0 Å². The molecule has 0 aliphatic carbocycles. The lowest BCUT2D eigenvalue weighted by Gasteiger charge is -2.24. The molecule has 0 radical (unpaired) electrons. The fourth-order valence-corrected chi connectivity index (χ4v) is 3.48. The van der Waals surface area contributed by atoms with Gasteiger partial charge in [0.05, 0.1) is 5.56 Å². The Morgan fingerprint density at radius 2 is 2.05 bits per heavy atom. The first-order valence-electron chi connectivity index (χ1n) is 7.17. The molecule has 3 heterocycles. The molecular formula is C15H22N2O2. The lowest BCUT2D eigenvalue weighted by atomic mass is 9.94. The number of fused-ring (bicyclic) bond motifs is 1. The molecule has 2 aliphatic rings. The SMILES string of the molecule is Cc1oc(C)c(C(=O)N2CC3CCCNC3C2)c1C. The van der Waals surface area contributed by atoms with Gasteiger partial charge < -0.3 is 14.6 Å². The molecule has 2 fully saturated rings. The van der Waals surface area contributed by atoms with E-state index >= 15 is 0 Å². The Balaban J connectivity index is 1.81. The smallest absolute Gasteiger partial charge is 0.257 e. The number of hydrogen-bond acceptors (Lipinski definition) is 3. The van der Waals surface area contributed by atoms with Crippen LogP contribution in [0.1, 0.15) is 40.3 Å². The van der Waals surface area contributed by atoms with Crippen LogP contribution in [0.3, 0.4) is 0 Å². The summed E-state index contributed by atoms with van der Waals surface area (Å²) in [5.74, 6) is 2.38. The van der Waals surface area contributed by atoms with E-state index in [9.17, 15) is 4.79 Å². The summed E-state index contributed by atoms with van der Waals surface area (Å²) in [5.41, 5.74) is 1.77. The summed E-state index contributed by atoms with van der Waals surface area (Å²) in [7, 11) is 0. The summed E-state index contributed by atoms with van der Waals surface area (Å²) in [4.78, 5) is 14.7. The molecule has 2 unspecified atom stereocenters. The molecule has 4 heteroatoms. The molecule has 1 aromatic rings. The van der Waals surface area contributed by atoms with Crippen LogP contribution in [0.5, 0.6) is 0 Å². The van der Waals surface area contributed by atoms with Crippen molar-refractivity contribution in [1.29, 1.82) is 0 Å². The van der Waals surface area contributed by atoms with Crippen LogP contribution < -0.4 is 5.32 Å². The molecular weight excluding hydrogens is 240 g/mol. The highest BCUT2D eigenvalue weighted by Crippen LogP contribution is 2.28. The number of piperidine rings is 1. The van der Waals surface area contributed by atoms with Gasteiger partial charge in [0.25, 0.3) is 5.91 Å². The molecule has 1 amide bonds. The second-order valence-corrected chi connectivity index (χ2v) is 5.89. The number of likely N-dealkylation sites (tertiary alicyclic amines) is 1. The van der Waals surface area contributed by atoms with Gasteiger partial charge in [0.1, 0.15) is 11.5 Å². The van der Waals surface area contributed by atoms with E-state index in [1.165, 1.54) is 12.8 Å². The maximum absolute atomic E-state index is 12.7. The predicted molar refractivity (Wildman–Crippen MR) is 73.3 cm³/mol. The Kier molecular flexibility index (Phi) is 3.13. The van der Waals surface area contributed by atoms with Crippen LogP contribution in [0, 0.1) is 26.7 Å². The highest BCUT2D eigenvalue weighted by atomic mass is 16.3. The van der Waals surface area contributed by atoms with Crippen molar-refractivity contribution in [2.45, 2.75) is 39.7 Å². The van der Waals surface area contributed by atoms with Gasteiger partial charge in [-0.3, -0.25) is 4.79 Å². The van der Waals surface area contributed by atoms with Crippen molar-refractivity contribution < 1.29 is 9.21 Å². The van der Waals surface area contributed by atoms with Crippen molar-refractivity contribution in [2.75, 3.05) is 19.6 Å². The van der Waals surface area contributed by atoms with Crippen molar-refractivity contribution >= 4 is 5.91 Å². The molecule has 1 aromatic heterocycles. The third-order valence-corrected chi connectivity index (χ3v) is 4.66.